The van der Waals surface area contributed by atoms with Crippen LogP contribution in [0.3, 0.4) is 0 Å². The lowest BCUT2D eigenvalue weighted by molar-refractivity contribution is -0.121. The lowest BCUT2D eigenvalue weighted by Crippen LogP contribution is -2.28. The highest BCUT2D eigenvalue weighted by atomic mass is 16.2. The van der Waals surface area contributed by atoms with E-state index in [0.717, 1.165) is 10.6 Å². The van der Waals surface area contributed by atoms with E-state index < -0.39 is 0 Å². The number of amides is 3. The first-order chi connectivity index (χ1) is 14.7. The molecule has 8 heteroatoms. The van der Waals surface area contributed by atoms with Crippen molar-refractivity contribution >= 4 is 29.2 Å². The van der Waals surface area contributed by atoms with Crippen molar-refractivity contribution in [2.75, 3.05) is 10.2 Å². The minimum absolute atomic E-state index is 0.212. The molecule has 1 saturated heterocycles. The summed E-state index contributed by atoms with van der Waals surface area (Å²) in [5, 5.41) is 7.54. The quantitative estimate of drug-likeness (QED) is 0.656. The number of rotatable bonds is 4. The lowest BCUT2D eigenvalue weighted by Gasteiger charge is -2.14. The number of anilines is 2. The molecule has 1 N–H and O–H groups in total. The molecule has 31 heavy (non-hydrogen) atoms. The fourth-order valence-electron chi connectivity index (χ4n) is 3.31. The molecule has 1 aliphatic heterocycles. The number of carbonyl (C=O) groups excluding carboxylic acids is 3. The maximum absolute atomic E-state index is 12.9. The molecule has 4 rings (SSSR count). The molecule has 3 aromatic rings. The molecule has 8 nitrogen and oxygen atoms in total. The molecule has 3 amide bonds. The molecular weight excluding hydrogens is 394 g/mol. The zero-order valence-corrected chi connectivity index (χ0v) is 17.6. The van der Waals surface area contributed by atoms with Crippen molar-refractivity contribution in [2.24, 2.45) is 0 Å². The van der Waals surface area contributed by atoms with Crippen LogP contribution in [-0.2, 0) is 15.0 Å². The van der Waals surface area contributed by atoms with Crippen molar-refractivity contribution in [2.45, 2.75) is 39.0 Å². The Hall–Kier alpha value is -3.81. The van der Waals surface area contributed by atoms with Gasteiger partial charge in [0.2, 0.25) is 11.8 Å². The number of nitrogens with zero attached hydrogens (tertiary/aromatic N) is 4. The van der Waals surface area contributed by atoms with Gasteiger partial charge in [-0.2, -0.15) is 9.78 Å². The van der Waals surface area contributed by atoms with Crippen LogP contribution in [0.5, 0.6) is 0 Å². The zero-order chi connectivity index (χ0) is 22.2. The summed E-state index contributed by atoms with van der Waals surface area (Å²) in [6.45, 7) is 6.13. The van der Waals surface area contributed by atoms with E-state index in [1.807, 2.05) is 45.0 Å². The molecule has 2 aromatic heterocycles. The second-order valence-corrected chi connectivity index (χ2v) is 8.39. The molecule has 1 fully saturated rings. The maximum atomic E-state index is 12.9. The number of carbonyl (C=O) groups is 3. The number of imide groups is 1. The van der Waals surface area contributed by atoms with Crippen molar-refractivity contribution in [3.05, 3.63) is 66.0 Å². The third-order valence-electron chi connectivity index (χ3n) is 5.02. The van der Waals surface area contributed by atoms with E-state index in [-0.39, 0.29) is 36.0 Å². The van der Waals surface area contributed by atoms with Gasteiger partial charge in [-0.25, -0.2) is 4.98 Å². The molecule has 0 radical (unpaired) electrons. The highest BCUT2D eigenvalue weighted by Crippen LogP contribution is 2.27. The van der Waals surface area contributed by atoms with Crippen LogP contribution in [0.1, 0.15) is 49.7 Å². The fraction of sp³-hybridized carbons (Fsp3) is 0.261. The lowest BCUT2D eigenvalue weighted by atomic mass is 9.92. The molecule has 0 saturated carbocycles. The summed E-state index contributed by atoms with van der Waals surface area (Å²) in [6.07, 6.45) is 2.10. The number of aromatic nitrogens is 3. The van der Waals surface area contributed by atoms with E-state index >= 15 is 0 Å². The van der Waals surface area contributed by atoms with Crippen molar-refractivity contribution in [3.63, 3.8) is 0 Å². The number of hydrogen-bond donors (Lipinski definition) is 1. The van der Waals surface area contributed by atoms with Crippen LogP contribution >= 0.6 is 0 Å². The van der Waals surface area contributed by atoms with Gasteiger partial charge in [-0.3, -0.25) is 19.3 Å². The van der Waals surface area contributed by atoms with Crippen LogP contribution in [0, 0.1) is 0 Å². The molecule has 0 unspecified atom stereocenters. The van der Waals surface area contributed by atoms with Gasteiger partial charge in [0, 0.05) is 36.1 Å². The Morgan fingerprint density at radius 2 is 1.68 bits per heavy atom. The minimum atomic E-state index is -0.330. The topological polar surface area (TPSA) is 97.2 Å². The summed E-state index contributed by atoms with van der Waals surface area (Å²) in [4.78, 5) is 42.2. The molecule has 1 aromatic carbocycles. The number of hydrogen-bond acceptors (Lipinski definition) is 5. The highest BCUT2D eigenvalue weighted by Gasteiger charge is 2.30. The van der Waals surface area contributed by atoms with Crippen molar-refractivity contribution in [3.8, 4) is 5.82 Å². The molecule has 158 valence electrons. The first kappa shape index (κ1) is 20.5. The number of pyridine rings is 1. The fourth-order valence-corrected chi connectivity index (χ4v) is 3.31. The van der Waals surface area contributed by atoms with Crippen LogP contribution < -0.4 is 10.2 Å². The predicted molar refractivity (Wildman–Crippen MR) is 116 cm³/mol. The average Bonchev–Trinajstić information content (AvgIpc) is 3.32. The zero-order valence-electron chi connectivity index (χ0n) is 17.6. The summed E-state index contributed by atoms with van der Waals surface area (Å²) in [5.74, 6) is 0.313. The van der Waals surface area contributed by atoms with Gasteiger partial charge >= 0.3 is 0 Å². The maximum Gasteiger partial charge on any atom is 0.256 e. The standard InChI is InChI=1S/C23H23N5O3/c1-23(2,3)17-14-19(28(26-17)18-6-4-5-13-24-18)25-22(31)15-7-9-16(10-8-15)27-20(29)11-12-21(27)30/h4-10,13-14H,11-12H2,1-3H3,(H,25,31). The van der Waals surface area contributed by atoms with E-state index in [2.05, 4.69) is 15.4 Å². The molecule has 0 spiro atoms. The van der Waals surface area contributed by atoms with E-state index in [9.17, 15) is 14.4 Å². The molecule has 3 heterocycles. The third kappa shape index (κ3) is 4.09. The SMILES string of the molecule is CC(C)(C)c1cc(NC(=O)c2ccc(N3C(=O)CCC3=O)cc2)n(-c2ccccn2)n1. The third-order valence-corrected chi connectivity index (χ3v) is 5.02. The second-order valence-electron chi connectivity index (χ2n) is 8.39. The highest BCUT2D eigenvalue weighted by molar-refractivity contribution is 6.20. The molecule has 0 aliphatic carbocycles. The largest absolute Gasteiger partial charge is 0.306 e. The van der Waals surface area contributed by atoms with Crippen LogP contribution in [0.25, 0.3) is 5.82 Å². The first-order valence-electron chi connectivity index (χ1n) is 10.0. The predicted octanol–water partition coefficient (Wildman–Crippen LogP) is 3.47. The van der Waals surface area contributed by atoms with Crippen molar-refractivity contribution in [1.29, 1.82) is 0 Å². The summed E-state index contributed by atoms with van der Waals surface area (Å²) < 4.78 is 1.61. The summed E-state index contributed by atoms with van der Waals surface area (Å²) in [7, 11) is 0. The molecular formula is C23H23N5O3. The van der Waals surface area contributed by atoms with Gasteiger partial charge < -0.3 is 5.32 Å². The van der Waals surface area contributed by atoms with Crippen LogP contribution in [0.2, 0.25) is 0 Å². The summed E-state index contributed by atoms with van der Waals surface area (Å²) in [5.41, 5.74) is 1.47. The Kier molecular flexibility index (Phi) is 5.14. The molecule has 0 atom stereocenters. The minimum Gasteiger partial charge on any atom is -0.306 e. The van der Waals surface area contributed by atoms with E-state index in [4.69, 9.17) is 0 Å². The summed E-state index contributed by atoms with van der Waals surface area (Å²) >= 11 is 0. The smallest absolute Gasteiger partial charge is 0.256 e. The Bertz CT molecular complexity index is 1130. The van der Waals surface area contributed by atoms with Crippen molar-refractivity contribution in [1.82, 2.24) is 14.8 Å². The van der Waals surface area contributed by atoms with Crippen LogP contribution in [-0.4, -0.2) is 32.5 Å². The Balaban J connectivity index is 1.60. The Labute approximate surface area is 179 Å². The Morgan fingerprint density at radius 1 is 1.00 bits per heavy atom. The average molecular weight is 417 g/mol. The Morgan fingerprint density at radius 3 is 2.26 bits per heavy atom. The monoisotopic (exact) mass is 417 g/mol. The van der Waals surface area contributed by atoms with E-state index in [0.29, 0.717) is 22.9 Å². The van der Waals surface area contributed by atoms with Gasteiger partial charge in [-0.1, -0.05) is 26.8 Å². The normalized spacial score (nSPS) is 14.2. The first-order valence-corrected chi connectivity index (χ1v) is 10.0. The van der Waals surface area contributed by atoms with E-state index in [1.165, 1.54) is 0 Å². The van der Waals surface area contributed by atoms with Gasteiger partial charge in [-0.05, 0) is 36.4 Å². The van der Waals surface area contributed by atoms with Gasteiger partial charge in [-0.15, -0.1) is 0 Å². The number of nitrogens with one attached hydrogen (secondary N) is 1. The summed E-state index contributed by atoms with van der Waals surface area (Å²) in [6, 6.07) is 13.7. The second kappa shape index (κ2) is 7.79. The molecule has 0 bridgehead atoms. The van der Waals surface area contributed by atoms with Crippen LogP contribution in [0.4, 0.5) is 11.5 Å². The molecule has 1 aliphatic rings. The van der Waals surface area contributed by atoms with Gasteiger partial charge in [0.15, 0.2) is 5.82 Å². The van der Waals surface area contributed by atoms with Gasteiger partial charge in [0.1, 0.15) is 5.82 Å². The van der Waals surface area contributed by atoms with Gasteiger partial charge in [0.25, 0.3) is 5.91 Å². The van der Waals surface area contributed by atoms with E-state index in [1.54, 1.807) is 35.1 Å². The van der Waals surface area contributed by atoms with Crippen molar-refractivity contribution < 1.29 is 14.4 Å². The van der Waals surface area contributed by atoms with Crippen LogP contribution in [0.15, 0.2) is 54.7 Å². The number of benzene rings is 1. The van der Waals surface area contributed by atoms with Gasteiger partial charge in [0.05, 0.1) is 11.4 Å².